The summed E-state index contributed by atoms with van der Waals surface area (Å²) < 4.78 is 5.39. The Labute approximate surface area is 252 Å². The van der Waals surface area contributed by atoms with Gasteiger partial charge in [-0.1, -0.05) is 35.9 Å². The predicted molar refractivity (Wildman–Crippen MR) is 162 cm³/mol. The maximum absolute atomic E-state index is 13.7. The second-order valence-electron chi connectivity index (χ2n) is 11.2. The lowest BCUT2D eigenvalue weighted by Gasteiger charge is -2.36. The Morgan fingerprint density at radius 3 is 2.50 bits per heavy atom. The van der Waals surface area contributed by atoms with Gasteiger partial charge in [0.05, 0.1) is 0 Å². The predicted octanol–water partition coefficient (Wildman–Crippen LogP) is 3.93. The molecule has 0 saturated carbocycles. The Morgan fingerprint density at radius 1 is 1.05 bits per heavy atom. The average molecular weight is 597 g/mol. The quantitative estimate of drug-likeness (QED) is 0.340. The molecule has 4 rings (SSSR count). The van der Waals surface area contributed by atoms with Gasteiger partial charge in [-0.25, -0.2) is 0 Å². The van der Waals surface area contributed by atoms with E-state index in [2.05, 4.69) is 10.6 Å². The minimum Gasteiger partial charge on any atom is -0.381 e. The van der Waals surface area contributed by atoms with Gasteiger partial charge >= 0.3 is 0 Å². The Morgan fingerprint density at radius 2 is 1.79 bits per heavy atom. The highest BCUT2D eigenvalue weighted by atomic mass is 35.5. The molecule has 0 bridgehead atoms. The van der Waals surface area contributed by atoms with E-state index in [1.165, 1.54) is 0 Å². The van der Waals surface area contributed by atoms with Crippen LogP contribution in [-0.2, 0) is 36.9 Å². The van der Waals surface area contributed by atoms with E-state index in [9.17, 15) is 19.2 Å². The van der Waals surface area contributed by atoms with E-state index in [0.29, 0.717) is 29.5 Å². The van der Waals surface area contributed by atoms with Gasteiger partial charge in [0.2, 0.25) is 17.7 Å². The van der Waals surface area contributed by atoms with Crippen LogP contribution in [0, 0.1) is 12.8 Å². The number of anilines is 1. The van der Waals surface area contributed by atoms with E-state index < -0.39 is 23.9 Å². The maximum atomic E-state index is 13.7. The van der Waals surface area contributed by atoms with Crippen molar-refractivity contribution in [2.45, 2.75) is 76.9 Å². The van der Waals surface area contributed by atoms with E-state index in [1.807, 2.05) is 31.2 Å². The normalized spacial score (nSPS) is 17.7. The van der Waals surface area contributed by atoms with Crippen LogP contribution in [0.2, 0.25) is 5.02 Å². The van der Waals surface area contributed by atoms with Gasteiger partial charge in [0, 0.05) is 56.2 Å². The fourth-order valence-electron chi connectivity index (χ4n) is 5.59. The number of fused-ring (bicyclic) bond motifs is 1. The van der Waals surface area contributed by atoms with Gasteiger partial charge in [-0.05, 0) is 80.0 Å². The van der Waals surface area contributed by atoms with Crippen molar-refractivity contribution in [1.82, 2.24) is 10.2 Å². The summed E-state index contributed by atoms with van der Waals surface area (Å²) in [5.41, 5.74) is 9.10. The fourth-order valence-corrected chi connectivity index (χ4v) is 5.71. The standard InChI is InChI=1S/C32H41ClN4O5/c1-21-18-25(7-10-27(21)33)35-31(40)28(12-15-34)36-32(41)29-19-23-4-2-3-5-24(23)20-37(29)30(39)11-9-26(38)8-6-22-13-16-42-17-14-22/h2-5,7,10,18,22,28-29H,6,8-9,11-17,19-20,34H2,1H3,(H,35,40)(H,36,41)/t28-,29-/m0/s1. The third-order valence-electron chi connectivity index (χ3n) is 8.18. The van der Waals surface area contributed by atoms with Gasteiger partial charge in [0.15, 0.2) is 0 Å². The molecule has 9 nitrogen and oxygen atoms in total. The Kier molecular flexibility index (Phi) is 11.5. The number of Topliss-reactive ketones (excluding diaryl/α,β-unsaturated/α-hetero) is 1. The molecule has 4 N–H and O–H groups in total. The second kappa shape index (κ2) is 15.3. The van der Waals surface area contributed by atoms with Gasteiger partial charge in [-0.3, -0.25) is 19.2 Å². The number of hydrogen-bond acceptors (Lipinski definition) is 6. The van der Waals surface area contributed by atoms with Gasteiger partial charge in [-0.15, -0.1) is 0 Å². The van der Waals surface area contributed by atoms with Crippen LogP contribution in [0.4, 0.5) is 5.69 Å². The molecule has 0 radical (unpaired) electrons. The SMILES string of the molecule is Cc1cc(NC(=O)[C@H](CCN)NC(=O)[C@@H]2Cc3ccccc3CN2C(=O)CCC(=O)CCC2CCOCC2)ccc1Cl. The third kappa shape index (κ3) is 8.63. The van der Waals surface area contributed by atoms with Crippen LogP contribution in [0.3, 0.4) is 0 Å². The lowest BCUT2D eigenvalue weighted by molar-refractivity contribution is -0.143. The highest BCUT2D eigenvalue weighted by Gasteiger charge is 2.36. The molecule has 2 aliphatic heterocycles. The number of nitrogens with one attached hydrogen (secondary N) is 2. The summed E-state index contributed by atoms with van der Waals surface area (Å²) in [4.78, 5) is 54.4. The summed E-state index contributed by atoms with van der Waals surface area (Å²) in [5.74, 6) is -0.525. The largest absolute Gasteiger partial charge is 0.381 e. The fraction of sp³-hybridized carbons (Fsp3) is 0.500. The summed E-state index contributed by atoms with van der Waals surface area (Å²) in [7, 11) is 0. The molecule has 2 heterocycles. The average Bonchev–Trinajstić information content (AvgIpc) is 3.00. The zero-order valence-corrected chi connectivity index (χ0v) is 25.0. The summed E-state index contributed by atoms with van der Waals surface area (Å²) >= 11 is 6.11. The van der Waals surface area contributed by atoms with Crippen molar-refractivity contribution in [3.63, 3.8) is 0 Å². The van der Waals surface area contributed by atoms with Gasteiger partial charge < -0.3 is 26.0 Å². The maximum Gasteiger partial charge on any atom is 0.246 e. The number of nitrogens with zero attached hydrogens (tertiary/aromatic N) is 1. The first-order valence-corrected chi connectivity index (χ1v) is 15.2. The molecule has 226 valence electrons. The topological polar surface area (TPSA) is 131 Å². The Balaban J connectivity index is 1.41. The first kappa shape index (κ1) is 31.7. The number of amides is 3. The van der Waals surface area contributed by atoms with Gasteiger partial charge in [0.25, 0.3) is 0 Å². The zero-order chi connectivity index (χ0) is 30.1. The van der Waals surface area contributed by atoms with E-state index in [-0.39, 0.29) is 44.0 Å². The summed E-state index contributed by atoms with van der Waals surface area (Å²) in [6.07, 6.45) is 3.94. The van der Waals surface area contributed by atoms with Crippen LogP contribution in [0.1, 0.15) is 61.6 Å². The highest BCUT2D eigenvalue weighted by Crippen LogP contribution is 2.26. The molecule has 1 saturated heterocycles. The number of hydrogen-bond donors (Lipinski definition) is 3. The van der Waals surface area contributed by atoms with Crippen LogP contribution < -0.4 is 16.4 Å². The van der Waals surface area contributed by atoms with Gasteiger partial charge in [-0.2, -0.15) is 0 Å². The minimum absolute atomic E-state index is 0.0428. The second-order valence-corrected chi connectivity index (χ2v) is 11.6. The molecule has 2 aromatic rings. The van der Waals surface area contributed by atoms with Crippen molar-refractivity contribution < 1.29 is 23.9 Å². The van der Waals surface area contributed by atoms with Crippen LogP contribution >= 0.6 is 11.6 Å². The number of nitrogens with two attached hydrogens (primary N) is 1. The molecule has 3 amide bonds. The Hall–Kier alpha value is -3.27. The van der Waals surface area contributed by atoms with Crippen molar-refractivity contribution in [3.8, 4) is 0 Å². The first-order valence-electron chi connectivity index (χ1n) is 14.8. The molecule has 42 heavy (non-hydrogen) atoms. The van der Waals surface area contributed by atoms with Crippen molar-refractivity contribution >= 4 is 40.8 Å². The van der Waals surface area contributed by atoms with Crippen molar-refractivity contribution in [1.29, 1.82) is 0 Å². The molecule has 2 aliphatic rings. The van der Waals surface area contributed by atoms with E-state index in [4.69, 9.17) is 22.1 Å². The number of benzene rings is 2. The molecule has 0 aromatic heterocycles. The number of carbonyl (C=O) groups excluding carboxylic acids is 4. The van der Waals surface area contributed by atoms with Crippen molar-refractivity contribution in [3.05, 3.63) is 64.2 Å². The molecular formula is C32H41ClN4O5. The van der Waals surface area contributed by atoms with E-state index in [0.717, 1.165) is 49.2 Å². The van der Waals surface area contributed by atoms with Crippen LogP contribution in [-0.4, -0.2) is 60.2 Å². The Bertz CT molecular complexity index is 1280. The smallest absolute Gasteiger partial charge is 0.246 e. The van der Waals surface area contributed by atoms with Crippen molar-refractivity contribution in [2.24, 2.45) is 11.7 Å². The zero-order valence-electron chi connectivity index (χ0n) is 24.2. The number of rotatable bonds is 12. The monoisotopic (exact) mass is 596 g/mol. The summed E-state index contributed by atoms with van der Waals surface area (Å²) in [6.45, 7) is 3.77. The molecule has 2 aromatic carbocycles. The van der Waals surface area contributed by atoms with E-state index in [1.54, 1.807) is 23.1 Å². The van der Waals surface area contributed by atoms with Gasteiger partial charge in [0.1, 0.15) is 17.9 Å². The number of aryl methyl sites for hydroxylation is 1. The molecule has 2 atom stereocenters. The molecule has 0 aliphatic carbocycles. The van der Waals surface area contributed by atoms with E-state index >= 15 is 0 Å². The summed E-state index contributed by atoms with van der Waals surface area (Å²) in [6, 6.07) is 11.1. The van der Waals surface area contributed by atoms with Crippen LogP contribution in [0.5, 0.6) is 0 Å². The summed E-state index contributed by atoms with van der Waals surface area (Å²) in [5, 5.41) is 6.26. The van der Waals surface area contributed by atoms with Crippen LogP contribution in [0.25, 0.3) is 0 Å². The number of ether oxygens (including phenoxy) is 1. The number of halogens is 1. The van der Waals surface area contributed by atoms with Crippen LogP contribution in [0.15, 0.2) is 42.5 Å². The first-order chi connectivity index (χ1) is 20.2. The molecule has 10 heteroatoms. The molecular weight excluding hydrogens is 556 g/mol. The molecule has 0 unspecified atom stereocenters. The van der Waals surface area contributed by atoms with Crippen molar-refractivity contribution in [2.75, 3.05) is 25.1 Å². The number of ketones is 1. The lowest BCUT2D eigenvalue weighted by atomic mass is 9.92. The highest BCUT2D eigenvalue weighted by molar-refractivity contribution is 6.31. The number of carbonyl (C=O) groups is 4. The molecule has 0 spiro atoms. The third-order valence-corrected chi connectivity index (χ3v) is 8.60. The minimum atomic E-state index is -0.889. The molecule has 1 fully saturated rings. The lowest BCUT2D eigenvalue weighted by Crippen LogP contribution is -2.56.